The molecule has 9 aromatic rings. The fraction of sp³-hybridized carbons (Fsp3) is 0.505. The zero-order valence-electron chi connectivity index (χ0n) is 68.4. The Morgan fingerprint density at radius 3 is 0.876 bits per heavy atom. The molecular weight excluding hydrogens is 1220 g/mol. The van der Waals surface area contributed by atoms with Crippen LogP contribution >= 0.6 is 0 Å². The van der Waals surface area contributed by atoms with Crippen LogP contribution in [-0.4, -0.2) is 24.2 Å². The Morgan fingerprint density at radius 2 is 0.577 bits per heavy atom. The van der Waals surface area contributed by atoms with E-state index in [0.717, 1.165) is 0 Å². The van der Waals surface area contributed by atoms with Crippen LogP contribution in [0, 0.1) is 27.7 Å². The lowest BCUT2D eigenvalue weighted by Crippen LogP contribution is -2.58. The van der Waals surface area contributed by atoms with Crippen LogP contribution < -0.4 is 29.3 Å². The van der Waals surface area contributed by atoms with E-state index in [9.17, 15) is 0 Å². The van der Waals surface area contributed by atoms with E-state index in [4.69, 9.17) is 0 Å². The van der Waals surface area contributed by atoms with E-state index >= 15 is 0 Å². The van der Waals surface area contributed by atoms with Gasteiger partial charge in [-0.15, -0.1) is 0 Å². The number of hydrogen-bond acceptors (Lipinski definition) is 0. The summed E-state index contributed by atoms with van der Waals surface area (Å²) in [5.74, 6) is 2.06. The maximum absolute atomic E-state index is 2.59. The van der Waals surface area contributed by atoms with Gasteiger partial charge in [0.2, 0.25) is 17.1 Å². The second-order valence-electron chi connectivity index (χ2n) is 37.6. The molecule has 0 fully saturated rings. The average molecular weight is 1350 g/mol. The summed E-state index contributed by atoms with van der Waals surface area (Å²) in [6.45, 7) is 79.1. The van der Waals surface area contributed by atoms with E-state index in [0.29, 0.717) is 23.7 Å². The highest BCUT2D eigenvalue weighted by atomic mass is 28.3. The highest BCUT2D eigenvalue weighted by Crippen LogP contribution is 2.54. The van der Waals surface area contributed by atoms with Gasteiger partial charge in [0, 0.05) is 23.8 Å². The summed E-state index contributed by atoms with van der Waals surface area (Å²) >= 11 is 0. The lowest BCUT2D eigenvalue weighted by atomic mass is 9.86. The van der Waals surface area contributed by atoms with Gasteiger partial charge in [0.15, 0.2) is 18.6 Å². The summed E-state index contributed by atoms with van der Waals surface area (Å²) < 4.78 is 6.92. The Labute approximate surface area is 596 Å². The lowest BCUT2D eigenvalue weighted by molar-refractivity contribution is -0.659. The van der Waals surface area contributed by atoms with E-state index < -0.39 is 24.2 Å². The minimum Gasteiger partial charge on any atom is -0.200 e. The highest BCUT2D eigenvalue weighted by Gasteiger charge is 2.53. The third kappa shape index (κ3) is 14.9. The smallest absolute Gasteiger partial charge is 0.200 e. The van der Waals surface area contributed by atoms with Crippen LogP contribution in [-0.2, 0) is 21.1 Å². The molecule has 0 atom stereocenters. The van der Waals surface area contributed by atoms with Gasteiger partial charge in [-0.2, -0.15) is 0 Å². The monoisotopic (exact) mass is 1350 g/mol. The molecule has 0 aliphatic heterocycles. The maximum Gasteiger partial charge on any atom is 0.220 e. The quantitative estimate of drug-likeness (QED) is 0.0955. The number of aromatic nitrogens is 3. The summed E-state index contributed by atoms with van der Waals surface area (Å²) in [5.41, 5.74) is 19.3. The molecule has 6 heteroatoms. The second kappa shape index (κ2) is 28.0. The maximum atomic E-state index is 2.59. The molecule has 0 saturated carbocycles. The normalized spacial score (nSPS) is 13.3. The van der Waals surface area contributed by atoms with Crippen molar-refractivity contribution in [2.24, 2.45) is 21.1 Å². The summed E-state index contributed by atoms with van der Waals surface area (Å²) in [6, 6.07) is 45.6. The number of hydrogen-bond donors (Lipinski definition) is 0. The molecule has 6 aromatic carbocycles. The molecule has 0 radical (unpaired) electrons. The molecule has 3 heterocycles. The van der Waals surface area contributed by atoms with Crippen molar-refractivity contribution in [1.82, 2.24) is 0 Å². The number of nitrogens with zero attached hydrogens (tertiary/aromatic N) is 3. The van der Waals surface area contributed by atoms with Gasteiger partial charge in [-0.25, -0.2) is 13.7 Å². The lowest BCUT2D eigenvalue weighted by Gasteiger charge is -2.50. The van der Waals surface area contributed by atoms with E-state index in [1.165, 1.54) is 111 Å². The molecule has 522 valence electrons. The number of aryl methyl sites for hydroxylation is 5. The third-order valence-electron chi connectivity index (χ3n) is 25.0. The fourth-order valence-corrected chi connectivity index (χ4v) is 31.2. The molecular formula is C91H134N3Si3+3. The molecule has 0 aliphatic carbocycles. The van der Waals surface area contributed by atoms with Crippen molar-refractivity contribution in [3.8, 4) is 33.8 Å². The molecule has 0 unspecified atom stereocenters. The van der Waals surface area contributed by atoms with E-state index in [-0.39, 0.29) is 30.2 Å². The Balaban J connectivity index is 0.000000205. The molecule has 3 nitrogen and oxygen atoms in total. The van der Waals surface area contributed by atoms with Crippen LogP contribution in [0.5, 0.6) is 0 Å². The Morgan fingerprint density at radius 1 is 0.289 bits per heavy atom. The van der Waals surface area contributed by atoms with Crippen molar-refractivity contribution >= 4 is 72.1 Å². The Bertz CT molecular complexity index is 4310. The van der Waals surface area contributed by atoms with Crippen LogP contribution in [0.2, 0.25) is 49.9 Å². The van der Waals surface area contributed by atoms with Gasteiger partial charge in [0.1, 0.15) is 21.1 Å². The molecule has 0 N–H and O–H groups in total. The zero-order chi connectivity index (χ0) is 73.4. The SMILES string of the molecule is Cc1c(-c2c3ccc([Si](C)(C(C)(C)C)C(C)(C)C)cc3cc[n+]2C)cc(C(C)C)cc1C(C)C.Cc1cc(C(C)C)cc(-c2c3ccc([Si](C)(C(C)(C)C)C(C)(C)C)cc3cc[n+]2C)c1C.Cc1ccc(C(C)C)cc1-c1c2ccc([Si](C)(C(C)(C)C)C(C)(C)C)cc2cc[n+]1C. The second-order valence-corrected chi connectivity index (χ2v) is 55.1. The van der Waals surface area contributed by atoms with E-state index in [1.807, 2.05) is 0 Å². The summed E-state index contributed by atoms with van der Waals surface area (Å²) in [4.78, 5) is 0. The fourth-order valence-electron chi connectivity index (χ4n) is 16.7. The van der Waals surface area contributed by atoms with Gasteiger partial charge in [0.25, 0.3) is 0 Å². The summed E-state index contributed by atoms with van der Waals surface area (Å²) in [6.07, 6.45) is 6.73. The third-order valence-corrected chi connectivity index (χ3v) is 47.3. The van der Waals surface area contributed by atoms with E-state index in [1.54, 1.807) is 15.6 Å². The molecule has 0 amide bonds. The number of rotatable bonds is 10. The largest absolute Gasteiger partial charge is 0.220 e. The van der Waals surface area contributed by atoms with Crippen LogP contribution in [0.3, 0.4) is 0 Å². The first kappa shape index (κ1) is 78.5. The zero-order valence-corrected chi connectivity index (χ0v) is 71.4. The molecule has 0 spiro atoms. The number of benzene rings is 6. The van der Waals surface area contributed by atoms with Crippen LogP contribution in [0.15, 0.2) is 134 Å². The molecule has 3 aromatic heterocycles. The molecule has 0 bridgehead atoms. The van der Waals surface area contributed by atoms with Crippen molar-refractivity contribution in [2.45, 2.75) is 281 Å². The Kier molecular flexibility index (Phi) is 22.6. The molecule has 0 saturated heterocycles. The average Bonchev–Trinajstić information content (AvgIpc) is 0.747. The van der Waals surface area contributed by atoms with Crippen molar-refractivity contribution in [2.75, 3.05) is 0 Å². The number of pyridine rings is 3. The topological polar surface area (TPSA) is 11.6 Å². The number of fused-ring (bicyclic) bond motifs is 3. The van der Waals surface area contributed by atoms with Crippen LogP contribution in [0.4, 0.5) is 0 Å². The van der Waals surface area contributed by atoms with Crippen LogP contribution in [0.25, 0.3) is 66.1 Å². The van der Waals surface area contributed by atoms with Gasteiger partial charge in [-0.3, -0.25) is 0 Å². The van der Waals surface area contributed by atoms with Gasteiger partial charge >= 0.3 is 0 Å². The predicted molar refractivity (Wildman–Crippen MR) is 439 cm³/mol. The molecule has 97 heavy (non-hydrogen) atoms. The van der Waals surface area contributed by atoms with Crippen LogP contribution in [0.1, 0.15) is 248 Å². The Hall–Kier alpha value is -5.80. The van der Waals surface area contributed by atoms with Crippen molar-refractivity contribution in [1.29, 1.82) is 0 Å². The first-order valence-corrected chi connectivity index (χ1v) is 44.4. The highest BCUT2D eigenvalue weighted by molar-refractivity contribution is 6.96. The summed E-state index contributed by atoms with van der Waals surface area (Å²) in [7, 11) is 1.13. The minimum atomic E-state index is -1.82. The standard InChI is InChI=1S/C32H48NSi.C30H44NSi.C29H42NSi/c1-21(2)25-19-28(22(3)4)23(5)29(20-25)30-27-15-14-26(18-24(27)16-17-33(30)12)34(13,31(6,7)8)32(9,10)11;1-20(2)24-17-21(3)22(4)27(19-24)28-26-14-13-25(18-23(26)15-16-31(28)11)32(12,29(5,6)7)30(8,9)10;1-20(2)22-13-12-21(3)26(19-22)27-25-15-14-24(18-23(25)16-17-30(27)10)31(11,28(4,5)6)29(7,8)9/h14-22H,1-13H3;13-20H,1-12H3;12-20H,1-11H3/q3*+1. The van der Waals surface area contributed by atoms with Crippen molar-refractivity contribution < 1.29 is 13.7 Å². The van der Waals surface area contributed by atoms with Crippen molar-refractivity contribution in [3.05, 3.63) is 178 Å². The van der Waals surface area contributed by atoms with Gasteiger partial charge in [-0.1, -0.05) is 276 Å². The van der Waals surface area contributed by atoms with Gasteiger partial charge in [-0.05, 0) is 179 Å². The minimum absolute atomic E-state index is 0.273. The summed E-state index contributed by atoms with van der Waals surface area (Å²) in [5, 5.41) is 14.5. The first-order chi connectivity index (χ1) is 44.3. The van der Waals surface area contributed by atoms with Crippen molar-refractivity contribution in [3.63, 3.8) is 0 Å². The molecule has 0 aliphatic rings. The first-order valence-electron chi connectivity index (χ1n) is 36.9. The van der Waals surface area contributed by atoms with Gasteiger partial charge in [0.05, 0.1) is 51.5 Å². The predicted octanol–water partition coefficient (Wildman–Crippen LogP) is 24.4. The molecule has 9 rings (SSSR count). The van der Waals surface area contributed by atoms with Gasteiger partial charge < -0.3 is 0 Å². The van der Waals surface area contributed by atoms with E-state index in [2.05, 4.69) is 396 Å².